The highest BCUT2D eigenvalue weighted by atomic mass is 16.5. The van der Waals surface area contributed by atoms with Crippen molar-refractivity contribution >= 4 is 5.91 Å². The first-order chi connectivity index (χ1) is 9.46. The molecule has 2 aliphatic rings. The van der Waals surface area contributed by atoms with Crippen LogP contribution in [0.25, 0.3) is 0 Å². The summed E-state index contributed by atoms with van der Waals surface area (Å²) in [6.07, 6.45) is 4.09. The minimum absolute atomic E-state index is 0.0130. The van der Waals surface area contributed by atoms with E-state index in [4.69, 9.17) is 15.2 Å². The topological polar surface area (TPSA) is 73.6 Å². The van der Waals surface area contributed by atoms with Gasteiger partial charge in [-0.2, -0.15) is 0 Å². The highest BCUT2D eigenvalue weighted by molar-refractivity contribution is 5.89. The summed E-state index contributed by atoms with van der Waals surface area (Å²) in [5, 5.41) is 3.01. The number of carbonyl (C=O) groups excluding carboxylic acids is 1. The molecule has 5 heteroatoms. The van der Waals surface area contributed by atoms with Gasteiger partial charge in [0, 0.05) is 38.2 Å². The second-order valence-corrected chi connectivity index (χ2v) is 6.59. The fourth-order valence-corrected chi connectivity index (χ4v) is 3.74. The number of rotatable bonds is 7. The molecule has 1 saturated heterocycles. The van der Waals surface area contributed by atoms with Crippen LogP contribution in [0.4, 0.5) is 0 Å². The maximum atomic E-state index is 12.5. The van der Waals surface area contributed by atoms with E-state index in [0.29, 0.717) is 6.54 Å². The third-order valence-corrected chi connectivity index (χ3v) is 5.14. The minimum Gasteiger partial charge on any atom is -0.385 e. The van der Waals surface area contributed by atoms with Crippen molar-refractivity contribution in [1.29, 1.82) is 0 Å². The molecule has 116 valence electrons. The lowest BCUT2D eigenvalue weighted by Crippen LogP contribution is -2.80. The summed E-state index contributed by atoms with van der Waals surface area (Å²) < 4.78 is 10.7. The van der Waals surface area contributed by atoms with Gasteiger partial charge >= 0.3 is 0 Å². The Bertz CT molecular complexity index is 359. The quantitative estimate of drug-likeness (QED) is 0.686. The van der Waals surface area contributed by atoms with Gasteiger partial charge in [0.05, 0.1) is 6.10 Å². The molecule has 3 atom stereocenters. The first kappa shape index (κ1) is 15.7. The van der Waals surface area contributed by atoms with Crippen LogP contribution in [-0.4, -0.2) is 44.4 Å². The second kappa shape index (κ2) is 6.00. The summed E-state index contributed by atoms with van der Waals surface area (Å²) in [4.78, 5) is 12.5. The Balaban J connectivity index is 1.80. The second-order valence-electron chi connectivity index (χ2n) is 6.59. The Kier molecular flexibility index (Phi) is 4.72. The van der Waals surface area contributed by atoms with E-state index in [9.17, 15) is 4.79 Å². The summed E-state index contributed by atoms with van der Waals surface area (Å²) in [5.41, 5.74) is 5.40. The maximum Gasteiger partial charge on any atom is 0.241 e. The number of carbonyl (C=O) groups is 1. The minimum atomic E-state index is -0.777. The van der Waals surface area contributed by atoms with Gasteiger partial charge < -0.3 is 20.5 Å². The Morgan fingerprint density at radius 1 is 1.40 bits per heavy atom. The lowest BCUT2D eigenvalue weighted by Gasteiger charge is -2.60. The van der Waals surface area contributed by atoms with Gasteiger partial charge in [-0.1, -0.05) is 13.8 Å². The van der Waals surface area contributed by atoms with Gasteiger partial charge in [0.1, 0.15) is 5.54 Å². The van der Waals surface area contributed by atoms with Crippen molar-refractivity contribution in [3.63, 3.8) is 0 Å². The zero-order chi connectivity index (χ0) is 14.8. The highest BCUT2D eigenvalue weighted by Gasteiger charge is 2.71. The van der Waals surface area contributed by atoms with Crippen molar-refractivity contribution in [2.24, 2.45) is 17.1 Å². The molecule has 1 aliphatic carbocycles. The van der Waals surface area contributed by atoms with E-state index in [-0.39, 0.29) is 23.3 Å². The first-order valence-corrected chi connectivity index (χ1v) is 7.64. The molecule has 0 aromatic carbocycles. The molecule has 1 aliphatic heterocycles. The van der Waals surface area contributed by atoms with Gasteiger partial charge in [0.2, 0.25) is 5.91 Å². The van der Waals surface area contributed by atoms with Crippen LogP contribution in [0.2, 0.25) is 0 Å². The number of nitrogens with two attached hydrogens (primary N) is 1. The summed E-state index contributed by atoms with van der Waals surface area (Å²) in [6, 6.07) is 0. The van der Waals surface area contributed by atoms with Crippen LogP contribution in [0.3, 0.4) is 0 Å². The number of methoxy groups -OCH3 is 1. The van der Waals surface area contributed by atoms with E-state index in [1.807, 2.05) is 13.8 Å². The normalized spacial score (nSPS) is 34.4. The molecule has 0 radical (unpaired) electrons. The number of amides is 1. The van der Waals surface area contributed by atoms with Gasteiger partial charge in [0.15, 0.2) is 0 Å². The number of fused-ring (bicyclic) bond motifs is 1. The highest BCUT2D eigenvalue weighted by Crippen LogP contribution is 2.58. The maximum absolute atomic E-state index is 12.5. The average Bonchev–Trinajstić information content (AvgIpc) is 2.89. The van der Waals surface area contributed by atoms with Crippen molar-refractivity contribution in [3.05, 3.63) is 0 Å². The molecule has 2 rings (SSSR count). The summed E-state index contributed by atoms with van der Waals surface area (Å²) in [7, 11) is 1.71. The van der Waals surface area contributed by atoms with Crippen molar-refractivity contribution in [3.8, 4) is 0 Å². The lowest BCUT2D eigenvalue weighted by molar-refractivity contribution is -0.175. The molecule has 3 unspecified atom stereocenters. The SMILES string of the molecule is COCCCCCNC(=O)C1(N)C2CCOC2C1(C)C. The number of unbranched alkanes of at least 4 members (excludes halogenated alkanes) is 2. The number of hydrogen-bond donors (Lipinski definition) is 2. The smallest absolute Gasteiger partial charge is 0.241 e. The predicted molar refractivity (Wildman–Crippen MR) is 77.3 cm³/mol. The van der Waals surface area contributed by atoms with E-state index < -0.39 is 5.54 Å². The fraction of sp³-hybridized carbons (Fsp3) is 0.933. The molecular weight excluding hydrogens is 256 g/mol. The van der Waals surface area contributed by atoms with E-state index in [1.54, 1.807) is 7.11 Å². The van der Waals surface area contributed by atoms with Gasteiger partial charge in [0.25, 0.3) is 0 Å². The molecule has 0 aromatic rings. The molecule has 1 saturated carbocycles. The van der Waals surface area contributed by atoms with Gasteiger partial charge in [-0.05, 0) is 25.7 Å². The van der Waals surface area contributed by atoms with Crippen LogP contribution in [-0.2, 0) is 14.3 Å². The van der Waals surface area contributed by atoms with Crippen LogP contribution in [0, 0.1) is 11.3 Å². The molecule has 3 N–H and O–H groups in total. The third-order valence-electron chi connectivity index (χ3n) is 5.14. The van der Waals surface area contributed by atoms with Crippen molar-refractivity contribution in [2.75, 3.05) is 26.9 Å². The van der Waals surface area contributed by atoms with Crippen molar-refractivity contribution in [2.45, 2.75) is 51.2 Å². The van der Waals surface area contributed by atoms with Crippen molar-refractivity contribution < 1.29 is 14.3 Å². The van der Waals surface area contributed by atoms with Crippen LogP contribution in [0.15, 0.2) is 0 Å². The third kappa shape index (κ3) is 2.36. The Morgan fingerprint density at radius 3 is 2.85 bits per heavy atom. The summed E-state index contributed by atoms with van der Waals surface area (Å²) in [5.74, 6) is 0.159. The molecule has 20 heavy (non-hydrogen) atoms. The zero-order valence-corrected chi connectivity index (χ0v) is 12.9. The van der Waals surface area contributed by atoms with Gasteiger partial charge in [-0.25, -0.2) is 0 Å². The first-order valence-electron chi connectivity index (χ1n) is 7.64. The summed E-state index contributed by atoms with van der Waals surface area (Å²) >= 11 is 0. The lowest BCUT2D eigenvalue weighted by atomic mass is 9.48. The molecular formula is C15H28N2O3. The number of ether oxygens (including phenoxy) is 2. The zero-order valence-electron chi connectivity index (χ0n) is 12.9. The Labute approximate surface area is 121 Å². The van der Waals surface area contributed by atoms with Crippen LogP contribution in [0.5, 0.6) is 0 Å². The van der Waals surface area contributed by atoms with Crippen LogP contribution >= 0.6 is 0 Å². The Hall–Kier alpha value is -0.650. The molecule has 0 bridgehead atoms. The largest absolute Gasteiger partial charge is 0.385 e. The molecule has 0 spiro atoms. The standard InChI is InChI=1S/C15H28N2O3/c1-14(2)12-11(7-10-20-12)15(14,16)13(18)17-8-5-4-6-9-19-3/h11-12H,4-10,16H2,1-3H3,(H,17,18). The van der Waals surface area contributed by atoms with E-state index in [1.165, 1.54) is 0 Å². The van der Waals surface area contributed by atoms with Crippen molar-refractivity contribution in [1.82, 2.24) is 5.32 Å². The van der Waals surface area contributed by atoms with E-state index in [2.05, 4.69) is 5.32 Å². The number of hydrogen-bond acceptors (Lipinski definition) is 4. The van der Waals surface area contributed by atoms with Gasteiger partial charge in [-0.3, -0.25) is 4.79 Å². The van der Waals surface area contributed by atoms with E-state index >= 15 is 0 Å². The molecule has 1 amide bonds. The number of nitrogens with one attached hydrogen (secondary N) is 1. The van der Waals surface area contributed by atoms with Crippen LogP contribution < -0.4 is 11.1 Å². The molecule has 2 fully saturated rings. The predicted octanol–water partition coefficient (Wildman–Crippen LogP) is 1.06. The molecule has 1 heterocycles. The van der Waals surface area contributed by atoms with Gasteiger partial charge in [-0.15, -0.1) is 0 Å². The summed E-state index contributed by atoms with van der Waals surface area (Å²) in [6.45, 7) is 6.27. The van der Waals surface area contributed by atoms with Crippen LogP contribution in [0.1, 0.15) is 39.5 Å². The fourth-order valence-electron chi connectivity index (χ4n) is 3.74. The van der Waals surface area contributed by atoms with E-state index in [0.717, 1.165) is 38.9 Å². The Morgan fingerprint density at radius 2 is 2.15 bits per heavy atom. The monoisotopic (exact) mass is 284 g/mol. The average molecular weight is 284 g/mol. The molecule has 5 nitrogen and oxygen atoms in total. The molecule has 0 aromatic heterocycles.